The van der Waals surface area contributed by atoms with Gasteiger partial charge in [-0.1, -0.05) is 19.1 Å². The fraction of sp³-hybridized carbons (Fsp3) is 0.409. The SMILES string of the molecule is CCc1cccc(NC(=O)N2CCC3(CC3C(=O)NCc3ccncc3)C2)c1. The summed E-state index contributed by atoms with van der Waals surface area (Å²) >= 11 is 0. The van der Waals surface area contributed by atoms with Crippen molar-refractivity contribution in [3.05, 3.63) is 59.9 Å². The zero-order chi connectivity index (χ0) is 19.6. The van der Waals surface area contributed by atoms with E-state index in [1.54, 1.807) is 12.4 Å². The molecule has 1 aliphatic carbocycles. The number of aryl methyl sites for hydroxylation is 1. The van der Waals surface area contributed by atoms with E-state index in [9.17, 15) is 9.59 Å². The molecule has 0 radical (unpaired) electrons. The van der Waals surface area contributed by atoms with E-state index in [0.29, 0.717) is 19.6 Å². The van der Waals surface area contributed by atoms with Crippen LogP contribution in [0.1, 0.15) is 30.9 Å². The maximum Gasteiger partial charge on any atom is 0.321 e. The molecular formula is C22H26N4O2. The lowest BCUT2D eigenvalue weighted by atomic mass is 10.0. The summed E-state index contributed by atoms with van der Waals surface area (Å²) in [6, 6.07) is 11.7. The van der Waals surface area contributed by atoms with Crippen LogP contribution in [0.25, 0.3) is 0 Å². The van der Waals surface area contributed by atoms with Crippen molar-refractivity contribution in [2.45, 2.75) is 32.7 Å². The van der Waals surface area contributed by atoms with E-state index in [1.165, 1.54) is 5.56 Å². The van der Waals surface area contributed by atoms with Crippen molar-refractivity contribution < 1.29 is 9.59 Å². The molecule has 1 aromatic heterocycles. The average molecular weight is 378 g/mol. The number of nitrogens with zero attached hydrogens (tertiary/aromatic N) is 2. The highest BCUT2D eigenvalue weighted by Crippen LogP contribution is 2.58. The summed E-state index contributed by atoms with van der Waals surface area (Å²) < 4.78 is 0. The molecule has 2 aliphatic rings. The van der Waals surface area contributed by atoms with E-state index >= 15 is 0 Å². The zero-order valence-electron chi connectivity index (χ0n) is 16.1. The van der Waals surface area contributed by atoms with Gasteiger partial charge in [-0.2, -0.15) is 0 Å². The van der Waals surface area contributed by atoms with Gasteiger partial charge in [0.1, 0.15) is 0 Å². The first kappa shape index (κ1) is 18.5. The normalized spacial score (nSPS) is 22.9. The molecule has 0 bridgehead atoms. The van der Waals surface area contributed by atoms with Gasteiger partial charge in [-0.05, 0) is 54.7 Å². The highest BCUT2D eigenvalue weighted by Gasteiger charge is 2.61. The van der Waals surface area contributed by atoms with Crippen LogP contribution >= 0.6 is 0 Å². The van der Waals surface area contributed by atoms with Gasteiger partial charge < -0.3 is 15.5 Å². The molecule has 1 aromatic carbocycles. The number of aromatic nitrogens is 1. The molecule has 6 heteroatoms. The maximum atomic E-state index is 12.6. The number of likely N-dealkylation sites (tertiary alicyclic amines) is 1. The molecule has 2 aromatic rings. The zero-order valence-corrected chi connectivity index (χ0v) is 16.1. The summed E-state index contributed by atoms with van der Waals surface area (Å²) in [5.41, 5.74) is 3.03. The van der Waals surface area contributed by atoms with Crippen molar-refractivity contribution in [2.75, 3.05) is 18.4 Å². The largest absolute Gasteiger partial charge is 0.352 e. The number of benzene rings is 1. The van der Waals surface area contributed by atoms with Gasteiger partial charge in [-0.15, -0.1) is 0 Å². The Bertz CT molecular complexity index is 870. The third-order valence-corrected chi connectivity index (χ3v) is 5.98. The van der Waals surface area contributed by atoms with Crippen LogP contribution in [0.4, 0.5) is 10.5 Å². The minimum Gasteiger partial charge on any atom is -0.352 e. The van der Waals surface area contributed by atoms with Gasteiger partial charge in [-0.25, -0.2) is 4.79 Å². The van der Waals surface area contributed by atoms with Crippen molar-refractivity contribution in [2.24, 2.45) is 11.3 Å². The Hall–Kier alpha value is -2.89. The Morgan fingerprint density at radius 3 is 2.82 bits per heavy atom. The van der Waals surface area contributed by atoms with Crippen LogP contribution in [0.15, 0.2) is 48.8 Å². The molecular weight excluding hydrogens is 352 g/mol. The van der Waals surface area contributed by atoms with E-state index < -0.39 is 0 Å². The van der Waals surface area contributed by atoms with Crippen molar-refractivity contribution in [1.82, 2.24) is 15.2 Å². The molecule has 1 saturated heterocycles. The third kappa shape index (κ3) is 3.86. The summed E-state index contributed by atoms with van der Waals surface area (Å²) in [6.07, 6.45) is 6.15. The van der Waals surface area contributed by atoms with E-state index in [2.05, 4.69) is 28.6 Å². The second-order valence-electron chi connectivity index (χ2n) is 7.85. The number of carbonyl (C=O) groups is 2. The van der Waals surface area contributed by atoms with Crippen LogP contribution in [0.2, 0.25) is 0 Å². The Morgan fingerprint density at radius 1 is 1.21 bits per heavy atom. The molecule has 146 valence electrons. The standard InChI is InChI=1S/C22H26N4O2/c1-2-16-4-3-5-18(12-16)25-21(28)26-11-8-22(15-26)13-19(22)20(27)24-14-17-6-9-23-10-7-17/h3-7,9-10,12,19H,2,8,11,13-15H2,1H3,(H,24,27)(H,25,28). The Kier molecular flexibility index (Phi) is 5.03. The molecule has 1 aliphatic heterocycles. The predicted octanol–water partition coefficient (Wildman–Crippen LogP) is 3.20. The Morgan fingerprint density at radius 2 is 2.04 bits per heavy atom. The molecule has 28 heavy (non-hydrogen) atoms. The fourth-order valence-corrected chi connectivity index (χ4v) is 4.12. The summed E-state index contributed by atoms with van der Waals surface area (Å²) in [5.74, 6) is 0.102. The lowest BCUT2D eigenvalue weighted by molar-refractivity contribution is -0.123. The maximum absolute atomic E-state index is 12.6. The lowest BCUT2D eigenvalue weighted by Gasteiger charge is -2.18. The average Bonchev–Trinajstić information content (AvgIpc) is 3.26. The first-order valence-electron chi connectivity index (χ1n) is 9.91. The molecule has 6 nitrogen and oxygen atoms in total. The van der Waals surface area contributed by atoms with Gasteiger partial charge in [-0.3, -0.25) is 9.78 Å². The van der Waals surface area contributed by atoms with E-state index in [1.807, 2.05) is 35.2 Å². The Balaban J connectivity index is 1.29. The molecule has 2 atom stereocenters. The van der Waals surface area contributed by atoms with Crippen LogP contribution in [0.3, 0.4) is 0 Å². The molecule has 3 amide bonds. The van der Waals surface area contributed by atoms with E-state index in [-0.39, 0.29) is 23.3 Å². The summed E-state index contributed by atoms with van der Waals surface area (Å²) in [6.45, 7) is 3.97. The molecule has 2 unspecified atom stereocenters. The van der Waals surface area contributed by atoms with Crippen LogP contribution in [-0.2, 0) is 17.8 Å². The number of hydrogen-bond donors (Lipinski definition) is 2. The number of pyridine rings is 1. The van der Waals surface area contributed by atoms with Gasteiger partial charge in [0, 0.05) is 49.0 Å². The smallest absolute Gasteiger partial charge is 0.321 e. The highest BCUT2D eigenvalue weighted by molar-refractivity contribution is 5.90. The van der Waals surface area contributed by atoms with Crippen molar-refractivity contribution in [1.29, 1.82) is 0 Å². The number of nitrogens with one attached hydrogen (secondary N) is 2. The predicted molar refractivity (Wildman–Crippen MR) is 108 cm³/mol. The van der Waals surface area contributed by atoms with Crippen molar-refractivity contribution in [3.8, 4) is 0 Å². The molecule has 2 heterocycles. The summed E-state index contributed by atoms with van der Waals surface area (Å²) in [5, 5.41) is 6.02. The number of rotatable bonds is 5. The molecule has 1 spiro atoms. The van der Waals surface area contributed by atoms with Crippen molar-refractivity contribution >= 4 is 17.6 Å². The second-order valence-corrected chi connectivity index (χ2v) is 7.85. The van der Waals surface area contributed by atoms with Crippen LogP contribution in [0.5, 0.6) is 0 Å². The molecule has 4 rings (SSSR count). The molecule has 1 saturated carbocycles. The monoisotopic (exact) mass is 378 g/mol. The van der Waals surface area contributed by atoms with Gasteiger partial charge >= 0.3 is 6.03 Å². The van der Waals surface area contributed by atoms with E-state index in [0.717, 1.165) is 30.5 Å². The quantitative estimate of drug-likeness (QED) is 0.839. The van der Waals surface area contributed by atoms with Crippen LogP contribution < -0.4 is 10.6 Å². The number of anilines is 1. The van der Waals surface area contributed by atoms with Gasteiger partial charge in [0.25, 0.3) is 0 Å². The van der Waals surface area contributed by atoms with Crippen LogP contribution in [-0.4, -0.2) is 34.9 Å². The van der Waals surface area contributed by atoms with Crippen LogP contribution in [0, 0.1) is 11.3 Å². The van der Waals surface area contributed by atoms with Gasteiger partial charge in [0.2, 0.25) is 5.91 Å². The third-order valence-electron chi connectivity index (χ3n) is 5.98. The lowest BCUT2D eigenvalue weighted by Crippen LogP contribution is -2.34. The number of hydrogen-bond acceptors (Lipinski definition) is 3. The number of urea groups is 1. The first-order chi connectivity index (χ1) is 13.6. The molecule has 2 N–H and O–H groups in total. The summed E-state index contributed by atoms with van der Waals surface area (Å²) in [4.78, 5) is 31.0. The van der Waals surface area contributed by atoms with Crippen molar-refractivity contribution in [3.63, 3.8) is 0 Å². The Labute approximate surface area is 165 Å². The minimum absolute atomic E-state index is 0.00977. The number of amides is 3. The van der Waals surface area contributed by atoms with E-state index in [4.69, 9.17) is 0 Å². The molecule has 2 fully saturated rings. The topological polar surface area (TPSA) is 74.3 Å². The minimum atomic E-state index is -0.0760. The second kappa shape index (κ2) is 7.62. The van der Waals surface area contributed by atoms with Gasteiger partial charge in [0.05, 0.1) is 0 Å². The highest BCUT2D eigenvalue weighted by atomic mass is 16.2. The summed E-state index contributed by atoms with van der Waals surface area (Å²) in [7, 11) is 0. The number of carbonyl (C=O) groups excluding carboxylic acids is 2. The fourth-order valence-electron chi connectivity index (χ4n) is 4.12. The van der Waals surface area contributed by atoms with Gasteiger partial charge in [0.15, 0.2) is 0 Å². The first-order valence-corrected chi connectivity index (χ1v) is 9.91.